The van der Waals surface area contributed by atoms with Crippen LogP contribution in [0, 0.1) is 0 Å². The monoisotopic (exact) mass is 312 g/mol. The van der Waals surface area contributed by atoms with Gasteiger partial charge < -0.3 is 10.1 Å². The maximum atomic E-state index is 11.3. The highest BCUT2D eigenvalue weighted by atomic mass is 32.2. The molecule has 118 valence electrons. The predicted octanol–water partition coefficient (Wildman–Crippen LogP) is 1.47. The van der Waals surface area contributed by atoms with Crippen molar-refractivity contribution in [3.63, 3.8) is 0 Å². The summed E-state index contributed by atoms with van der Waals surface area (Å²) >= 11 is 0. The summed E-state index contributed by atoms with van der Waals surface area (Å²) in [5.41, 5.74) is 1.28. The Hall–Kier alpha value is -1.11. The average Bonchev–Trinajstić information content (AvgIpc) is 2.82. The molecule has 1 aliphatic rings. The quantitative estimate of drug-likeness (QED) is 0.835. The van der Waals surface area contributed by atoms with E-state index in [0.717, 1.165) is 18.7 Å². The summed E-state index contributed by atoms with van der Waals surface area (Å²) in [6.45, 7) is 5.56. The van der Waals surface area contributed by atoms with Crippen molar-refractivity contribution < 1.29 is 13.2 Å². The van der Waals surface area contributed by atoms with Crippen molar-refractivity contribution in [1.82, 2.24) is 10.0 Å². The molecular formula is C15H24N2O3S. The van der Waals surface area contributed by atoms with E-state index < -0.39 is 10.0 Å². The molecule has 2 atom stereocenters. The SMILES string of the molecule is CC(C)c1ccc(OC[C@@H]2NCC[C@@H]2NS(C)(=O)=O)cc1. The predicted molar refractivity (Wildman–Crippen MR) is 84.2 cm³/mol. The molecule has 0 spiro atoms. The van der Waals surface area contributed by atoms with Crippen molar-refractivity contribution in [3.05, 3.63) is 29.8 Å². The van der Waals surface area contributed by atoms with Gasteiger partial charge in [-0.3, -0.25) is 0 Å². The highest BCUT2D eigenvalue weighted by Gasteiger charge is 2.29. The maximum absolute atomic E-state index is 11.3. The Bertz CT molecular complexity index is 555. The molecule has 0 aliphatic carbocycles. The fourth-order valence-corrected chi connectivity index (χ4v) is 3.33. The Morgan fingerprint density at radius 2 is 2.00 bits per heavy atom. The second-order valence-corrected chi connectivity index (χ2v) is 7.66. The molecule has 5 nitrogen and oxygen atoms in total. The molecule has 1 fully saturated rings. The van der Waals surface area contributed by atoms with Gasteiger partial charge in [-0.25, -0.2) is 13.1 Å². The third-order valence-corrected chi connectivity index (χ3v) is 4.42. The van der Waals surface area contributed by atoms with E-state index in [9.17, 15) is 8.42 Å². The lowest BCUT2D eigenvalue weighted by Gasteiger charge is -2.20. The van der Waals surface area contributed by atoms with E-state index in [1.807, 2.05) is 12.1 Å². The van der Waals surface area contributed by atoms with Gasteiger partial charge in [0.15, 0.2) is 0 Å². The summed E-state index contributed by atoms with van der Waals surface area (Å²) in [5.74, 6) is 1.31. The van der Waals surface area contributed by atoms with Gasteiger partial charge in [-0.15, -0.1) is 0 Å². The summed E-state index contributed by atoms with van der Waals surface area (Å²) in [5, 5.41) is 3.28. The number of benzene rings is 1. The van der Waals surface area contributed by atoms with E-state index in [0.29, 0.717) is 12.5 Å². The van der Waals surface area contributed by atoms with Gasteiger partial charge in [0.25, 0.3) is 0 Å². The minimum Gasteiger partial charge on any atom is -0.492 e. The van der Waals surface area contributed by atoms with Gasteiger partial charge in [0.2, 0.25) is 10.0 Å². The minimum absolute atomic E-state index is 0.00417. The number of sulfonamides is 1. The third-order valence-electron chi connectivity index (χ3n) is 3.69. The smallest absolute Gasteiger partial charge is 0.209 e. The van der Waals surface area contributed by atoms with Gasteiger partial charge in [0.1, 0.15) is 12.4 Å². The van der Waals surface area contributed by atoms with Crippen LogP contribution in [0.3, 0.4) is 0 Å². The molecule has 0 saturated carbocycles. The lowest BCUT2D eigenvalue weighted by atomic mass is 10.0. The summed E-state index contributed by atoms with van der Waals surface area (Å²) in [4.78, 5) is 0. The van der Waals surface area contributed by atoms with Gasteiger partial charge in [0.05, 0.1) is 12.3 Å². The molecule has 1 aromatic carbocycles. The highest BCUT2D eigenvalue weighted by Crippen LogP contribution is 2.19. The normalized spacial score (nSPS) is 22.7. The van der Waals surface area contributed by atoms with Gasteiger partial charge in [-0.1, -0.05) is 26.0 Å². The third kappa shape index (κ3) is 4.98. The van der Waals surface area contributed by atoms with Crippen LogP contribution in [-0.2, 0) is 10.0 Å². The van der Waals surface area contributed by atoms with E-state index in [1.54, 1.807) is 0 Å². The van der Waals surface area contributed by atoms with Crippen LogP contribution >= 0.6 is 0 Å². The lowest BCUT2D eigenvalue weighted by molar-refractivity contribution is 0.263. The molecule has 0 aromatic heterocycles. The van der Waals surface area contributed by atoms with Gasteiger partial charge in [-0.2, -0.15) is 0 Å². The van der Waals surface area contributed by atoms with Crippen LogP contribution in [0.4, 0.5) is 0 Å². The van der Waals surface area contributed by atoms with E-state index in [2.05, 4.69) is 36.0 Å². The molecule has 1 heterocycles. The van der Waals surface area contributed by atoms with Crippen LogP contribution in [0.1, 0.15) is 31.7 Å². The molecule has 0 amide bonds. The fourth-order valence-electron chi connectivity index (χ4n) is 2.49. The average molecular weight is 312 g/mol. The molecule has 2 rings (SSSR count). The minimum atomic E-state index is -3.18. The van der Waals surface area contributed by atoms with Crippen LogP contribution in [0.5, 0.6) is 5.75 Å². The molecule has 1 aliphatic heterocycles. The second kappa shape index (κ2) is 6.77. The largest absolute Gasteiger partial charge is 0.492 e. The molecular weight excluding hydrogens is 288 g/mol. The van der Waals surface area contributed by atoms with Crippen LogP contribution in [0.25, 0.3) is 0 Å². The molecule has 6 heteroatoms. The van der Waals surface area contributed by atoms with E-state index >= 15 is 0 Å². The molecule has 0 unspecified atom stereocenters. The van der Waals surface area contributed by atoms with Crippen LogP contribution in [0.15, 0.2) is 24.3 Å². The topological polar surface area (TPSA) is 67.4 Å². The van der Waals surface area contributed by atoms with Crippen molar-refractivity contribution in [2.75, 3.05) is 19.4 Å². The maximum Gasteiger partial charge on any atom is 0.209 e. The van der Waals surface area contributed by atoms with Crippen LogP contribution in [0.2, 0.25) is 0 Å². The van der Waals surface area contributed by atoms with Gasteiger partial charge in [-0.05, 0) is 36.6 Å². The Kier molecular flexibility index (Phi) is 5.24. The van der Waals surface area contributed by atoms with Crippen molar-refractivity contribution in [2.45, 2.75) is 38.3 Å². The number of hydrogen-bond acceptors (Lipinski definition) is 4. The fraction of sp³-hybridized carbons (Fsp3) is 0.600. The second-order valence-electron chi connectivity index (χ2n) is 5.88. The molecule has 2 N–H and O–H groups in total. The Balaban J connectivity index is 1.89. The Labute approximate surface area is 127 Å². The lowest BCUT2D eigenvalue weighted by Crippen LogP contribution is -2.46. The van der Waals surface area contributed by atoms with E-state index in [1.165, 1.54) is 11.8 Å². The standard InChI is InChI=1S/C15H24N2O3S/c1-11(2)12-4-6-13(7-5-12)20-10-15-14(8-9-16-15)17-21(3,18)19/h4-7,11,14-17H,8-10H2,1-3H3/t14-,15-/m0/s1. The van der Waals surface area contributed by atoms with Gasteiger partial charge in [0, 0.05) is 6.04 Å². The van der Waals surface area contributed by atoms with Crippen LogP contribution in [-0.4, -0.2) is 39.9 Å². The summed E-state index contributed by atoms with van der Waals surface area (Å²) in [6, 6.07) is 7.95. The Morgan fingerprint density at radius 1 is 1.33 bits per heavy atom. The van der Waals surface area contributed by atoms with Crippen molar-refractivity contribution in [3.8, 4) is 5.75 Å². The van der Waals surface area contributed by atoms with Crippen molar-refractivity contribution in [2.24, 2.45) is 0 Å². The zero-order valence-electron chi connectivity index (χ0n) is 12.8. The first-order chi connectivity index (χ1) is 9.85. The first kappa shape index (κ1) is 16.3. The van der Waals surface area contributed by atoms with Gasteiger partial charge >= 0.3 is 0 Å². The summed E-state index contributed by atoms with van der Waals surface area (Å²) < 4.78 is 31.1. The van der Waals surface area contributed by atoms with Crippen molar-refractivity contribution >= 4 is 10.0 Å². The number of ether oxygens (including phenoxy) is 1. The summed E-state index contributed by atoms with van der Waals surface area (Å²) in [6.07, 6.45) is 1.97. The zero-order valence-corrected chi connectivity index (χ0v) is 13.6. The number of nitrogens with one attached hydrogen (secondary N) is 2. The summed E-state index contributed by atoms with van der Waals surface area (Å²) in [7, 11) is -3.18. The highest BCUT2D eigenvalue weighted by molar-refractivity contribution is 7.88. The molecule has 21 heavy (non-hydrogen) atoms. The Morgan fingerprint density at radius 3 is 2.57 bits per heavy atom. The number of hydrogen-bond donors (Lipinski definition) is 2. The first-order valence-electron chi connectivity index (χ1n) is 7.28. The molecule has 0 bridgehead atoms. The van der Waals surface area contributed by atoms with E-state index in [-0.39, 0.29) is 12.1 Å². The van der Waals surface area contributed by atoms with Crippen LogP contribution < -0.4 is 14.8 Å². The number of rotatable bonds is 6. The van der Waals surface area contributed by atoms with E-state index in [4.69, 9.17) is 4.74 Å². The molecule has 1 saturated heterocycles. The zero-order chi connectivity index (χ0) is 15.5. The first-order valence-corrected chi connectivity index (χ1v) is 9.18. The van der Waals surface area contributed by atoms with Crippen molar-refractivity contribution in [1.29, 1.82) is 0 Å². The molecule has 1 aromatic rings. The molecule has 0 radical (unpaired) electrons.